The van der Waals surface area contributed by atoms with E-state index in [4.69, 9.17) is 5.73 Å². The number of nitrogen functional groups attached to an aromatic ring is 1. The number of carbonyl (C=O) groups is 1. The van der Waals surface area contributed by atoms with Gasteiger partial charge >= 0.3 is 6.03 Å². The lowest BCUT2D eigenvalue weighted by Gasteiger charge is -2.12. The van der Waals surface area contributed by atoms with Gasteiger partial charge in [0, 0.05) is 34.2 Å². The average molecular weight is 304 g/mol. The van der Waals surface area contributed by atoms with E-state index in [2.05, 4.69) is 15.1 Å². The maximum absolute atomic E-state index is 12.1. The van der Waals surface area contributed by atoms with Crippen molar-refractivity contribution >= 4 is 21.9 Å². The van der Waals surface area contributed by atoms with Gasteiger partial charge < -0.3 is 16.0 Å². The van der Waals surface area contributed by atoms with E-state index < -0.39 is 10.0 Å². The average Bonchev–Trinajstić information content (AvgIpc) is 2.58. The van der Waals surface area contributed by atoms with Gasteiger partial charge in [0.2, 0.25) is 10.0 Å². The molecule has 0 aliphatic heterocycles. The summed E-state index contributed by atoms with van der Waals surface area (Å²) in [5.74, 6) is -0.0465. The van der Waals surface area contributed by atoms with Crippen molar-refractivity contribution in [3.8, 4) is 0 Å². The number of urea groups is 1. The van der Waals surface area contributed by atoms with Gasteiger partial charge in [0.15, 0.2) is 5.82 Å². The van der Waals surface area contributed by atoms with Gasteiger partial charge in [-0.2, -0.15) is 5.10 Å². The molecule has 0 aromatic carbocycles. The lowest BCUT2D eigenvalue weighted by Crippen LogP contribution is -2.39. The number of aryl methyl sites for hydroxylation is 1. The molecule has 9 nitrogen and oxygen atoms in total. The highest BCUT2D eigenvalue weighted by Gasteiger charge is 2.24. The summed E-state index contributed by atoms with van der Waals surface area (Å²) < 4.78 is 28.0. The molecule has 0 saturated carbocycles. The monoisotopic (exact) mass is 304 g/mol. The molecule has 0 radical (unpaired) electrons. The first-order valence-corrected chi connectivity index (χ1v) is 7.39. The Kier molecular flexibility index (Phi) is 4.95. The lowest BCUT2D eigenvalue weighted by molar-refractivity contribution is 0.217. The van der Waals surface area contributed by atoms with Crippen LogP contribution in [0.15, 0.2) is 4.90 Å². The predicted octanol–water partition coefficient (Wildman–Crippen LogP) is -1.14. The molecule has 0 aliphatic rings. The van der Waals surface area contributed by atoms with E-state index in [-0.39, 0.29) is 29.8 Å². The van der Waals surface area contributed by atoms with Crippen LogP contribution in [0.5, 0.6) is 0 Å². The van der Waals surface area contributed by atoms with Crippen molar-refractivity contribution in [1.82, 2.24) is 24.7 Å². The number of carbonyl (C=O) groups excluding carboxylic acids is 1. The highest BCUT2D eigenvalue weighted by Crippen LogP contribution is 2.20. The molecular weight excluding hydrogens is 284 g/mol. The SMILES string of the molecule is Cc1c(S(=O)(=O)NCCNC(=O)N(C)C)c(N)nn1C. The Balaban J connectivity index is 2.65. The predicted molar refractivity (Wildman–Crippen MR) is 74.6 cm³/mol. The molecule has 1 aromatic heterocycles. The number of anilines is 1. The highest BCUT2D eigenvalue weighted by molar-refractivity contribution is 7.89. The number of rotatable bonds is 5. The van der Waals surface area contributed by atoms with E-state index in [9.17, 15) is 13.2 Å². The molecular formula is C10H20N6O3S. The quantitative estimate of drug-likeness (QED) is 0.593. The maximum atomic E-state index is 12.1. The summed E-state index contributed by atoms with van der Waals surface area (Å²) in [4.78, 5) is 12.6. The van der Waals surface area contributed by atoms with Gasteiger partial charge in [-0.3, -0.25) is 4.68 Å². The normalized spacial score (nSPS) is 11.4. The molecule has 10 heteroatoms. The van der Waals surface area contributed by atoms with Crippen molar-refractivity contribution < 1.29 is 13.2 Å². The first kappa shape index (κ1) is 16.2. The molecule has 0 bridgehead atoms. The van der Waals surface area contributed by atoms with Gasteiger partial charge in [-0.1, -0.05) is 0 Å². The molecule has 0 atom stereocenters. The van der Waals surface area contributed by atoms with Gasteiger partial charge in [-0.05, 0) is 6.92 Å². The fraction of sp³-hybridized carbons (Fsp3) is 0.600. The molecule has 20 heavy (non-hydrogen) atoms. The number of sulfonamides is 1. The minimum Gasteiger partial charge on any atom is -0.381 e. The fourth-order valence-electron chi connectivity index (χ4n) is 1.53. The van der Waals surface area contributed by atoms with Gasteiger partial charge in [-0.25, -0.2) is 17.9 Å². The van der Waals surface area contributed by atoms with E-state index in [1.54, 1.807) is 28.1 Å². The zero-order valence-corrected chi connectivity index (χ0v) is 12.8. The number of nitrogens with zero attached hydrogens (tertiary/aromatic N) is 3. The van der Waals surface area contributed by atoms with Crippen LogP contribution in [-0.2, 0) is 17.1 Å². The molecule has 0 spiro atoms. The van der Waals surface area contributed by atoms with E-state index in [0.717, 1.165) is 0 Å². The van der Waals surface area contributed by atoms with Crippen molar-refractivity contribution in [3.63, 3.8) is 0 Å². The van der Waals surface area contributed by atoms with Gasteiger partial charge in [0.25, 0.3) is 0 Å². The van der Waals surface area contributed by atoms with E-state index >= 15 is 0 Å². The van der Waals surface area contributed by atoms with Crippen molar-refractivity contribution in [3.05, 3.63) is 5.69 Å². The molecule has 1 aromatic rings. The van der Waals surface area contributed by atoms with Crippen LogP contribution in [0.3, 0.4) is 0 Å². The third-order valence-electron chi connectivity index (χ3n) is 2.67. The van der Waals surface area contributed by atoms with E-state index in [1.165, 1.54) is 9.58 Å². The van der Waals surface area contributed by atoms with Gasteiger partial charge in [-0.15, -0.1) is 0 Å². The topological polar surface area (TPSA) is 122 Å². The van der Waals surface area contributed by atoms with Crippen molar-refractivity contribution in [1.29, 1.82) is 0 Å². The number of nitrogens with one attached hydrogen (secondary N) is 2. The Morgan fingerprint density at radius 2 is 2.00 bits per heavy atom. The molecule has 2 amide bonds. The third kappa shape index (κ3) is 3.61. The molecule has 114 valence electrons. The second kappa shape index (κ2) is 6.09. The molecule has 4 N–H and O–H groups in total. The van der Waals surface area contributed by atoms with Crippen LogP contribution < -0.4 is 15.8 Å². The van der Waals surface area contributed by atoms with Gasteiger partial charge in [0.05, 0.1) is 5.69 Å². The summed E-state index contributed by atoms with van der Waals surface area (Å²) in [5, 5.41) is 6.40. The summed E-state index contributed by atoms with van der Waals surface area (Å²) in [6, 6.07) is -0.290. The smallest absolute Gasteiger partial charge is 0.316 e. The van der Waals surface area contributed by atoms with Crippen LogP contribution in [0.25, 0.3) is 0 Å². The number of amides is 2. The third-order valence-corrected chi connectivity index (χ3v) is 4.30. The molecule has 0 saturated heterocycles. The first-order chi connectivity index (χ1) is 9.16. The lowest BCUT2D eigenvalue weighted by atomic mass is 10.5. The van der Waals surface area contributed by atoms with Crippen LogP contribution >= 0.6 is 0 Å². The minimum absolute atomic E-state index is 0.0288. The maximum Gasteiger partial charge on any atom is 0.316 e. The Morgan fingerprint density at radius 3 is 2.45 bits per heavy atom. The summed E-state index contributed by atoms with van der Waals surface area (Å²) in [6.45, 7) is 1.86. The van der Waals surface area contributed by atoms with Crippen LogP contribution in [0.1, 0.15) is 5.69 Å². The number of aromatic nitrogens is 2. The molecule has 1 heterocycles. The van der Waals surface area contributed by atoms with Crippen LogP contribution in [-0.4, -0.2) is 56.3 Å². The Hall–Kier alpha value is -1.81. The van der Waals surface area contributed by atoms with Crippen molar-refractivity contribution in [2.24, 2.45) is 7.05 Å². The number of nitrogens with two attached hydrogens (primary N) is 1. The van der Waals surface area contributed by atoms with Crippen LogP contribution in [0, 0.1) is 6.92 Å². The zero-order valence-electron chi connectivity index (χ0n) is 12.0. The summed E-state index contributed by atoms with van der Waals surface area (Å²) in [7, 11) is 1.06. The Bertz CT molecular complexity index is 592. The summed E-state index contributed by atoms with van der Waals surface area (Å²) >= 11 is 0. The number of hydrogen-bond acceptors (Lipinski definition) is 5. The highest BCUT2D eigenvalue weighted by atomic mass is 32.2. The molecule has 0 fully saturated rings. The standard InChI is InChI=1S/C10H20N6O3S/c1-7-8(9(11)14-16(7)4)20(18,19)13-6-5-12-10(17)15(2)3/h13H,5-6H2,1-4H3,(H2,11,14)(H,12,17). The van der Waals surface area contributed by atoms with Crippen LogP contribution in [0.2, 0.25) is 0 Å². The molecule has 0 unspecified atom stereocenters. The number of hydrogen-bond donors (Lipinski definition) is 3. The van der Waals surface area contributed by atoms with E-state index in [0.29, 0.717) is 5.69 Å². The van der Waals surface area contributed by atoms with Crippen LogP contribution in [0.4, 0.5) is 10.6 Å². The second-order valence-electron chi connectivity index (χ2n) is 4.45. The Labute approximate surface area is 118 Å². The second-order valence-corrected chi connectivity index (χ2v) is 6.15. The zero-order chi connectivity index (χ0) is 15.5. The van der Waals surface area contributed by atoms with Crippen molar-refractivity contribution in [2.75, 3.05) is 32.9 Å². The Morgan fingerprint density at radius 1 is 1.40 bits per heavy atom. The fourth-order valence-corrected chi connectivity index (χ4v) is 2.88. The van der Waals surface area contributed by atoms with Crippen molar-refractivity contribution in [2.45, 2.75) is 11.8 Å². The first-order valence-electron chi connectivity index (χ1n) is 5.90. The molecule has 1 rings (SSSR count). The summed E-state index contributed by atoms with van der Waals surface area (Å²) in [6.07, 6.45) is 0. The van der Waals surface area contributed by atoms with Gasteiger partial charge in [0.1, 0.15) is 4.90 Å². The van der Waals surface area contributed by atoms with E-state index in [1.807, 2.05) is 0 Å². The summed E-state index contributed by atoms with van der Waals surface area (Å²) in [5.41, 5.74) is 6.04. The largest absolute Gasteiger partial charge is 0.381 e. The minimum atomic E-state index is -3.74. The molecule has 0 aliphatic carbocycles.